The maximum absolute atomic E-state index is 13.3. The third-order valence-electron chi connectivity index (χ3n) is 5.63. The molecule has 2 heterocycles. The molecule has 1 aliphatic heterocycles. The summed E-state index contributed by atoms with van der Waals surface area (Å²) in [7, 11) is 2.83. The van der Waals surface area contributed by atoms with Crippen LogP contribution in [0.5, 0.6) is 17.2 Å². The number of aliphatic hydroxyl groups is 1. The third-order valence-corrected chi connectivity index (χ3v) is 5.93. The number of hydrogen-bond donors (Lipinski definition) is 1. The summed E-state index contributed by atoms with van der Waals surface area (Å²) in [6.07, 6.45) is 0. The number of methoxy groups -OCH3 is 2. The number of carbonyl (C=O) groups is 2. The molecule has 4 rings (SSSR count). The van der Waals surface area contributed by atoms with Gasteiger partial charge in [0.05, 0.1) is 37.0 Å². The van der Waals surface area contributed by atoms with Crippen LogP contribution < -0.4 is 19.1 Å². The van der Waals surface area contributed by atoms with Crippen molar-refractivity contribution in [2.24, 2.45) is 0 Å². The Labute approximate surface area is 207 Å². The number of carbonyl (C=O) groups excluding carboxylic acids is 2. The number of anilines is 1. The maximum atomic E-state index is 13.3. The molecule has 0 radical (unpaired) electrons. The molecule has 1 fully saturated rings. The number of ether oxygens (including phenoxy) is 3. The molecular weight excluding hydrogens is 474 g/mol. The summed E-state index contributed by atoms with van der Waals surface area (Å²) in [4.78, 5) is 27.9. The van der Waals surface area contributed by atoms with Crippen LogP contribution in [-0.2, 0) is 9.59 Å². The molecule has 8 nitrogen and oxygen atoms in total. The number of amides is 1. The Morgan fingerprint density at radius 3 is 2.31 bits per heavy atom. The van der Waals surface area contributed by atoms with E-state index in [0.29, 0.717) is 29.6 Å². The molecule has 0 bridgehead atoms. The molecule has 2 aromatic carbocycles. The van der Waals surface area contributed by atoms with E-state index < -0.39 is 23.5 Å². The molecule has 0 aliphatic carbocycles. The monoisotopic (exact) mass is 497 g/mol. The molecule has 0 saturated carbocycles. The normalized spacial score (nSPS) is 17.1. The lowest BCUT2D eigenvalue weighted by atomic mass is 9.98. The summed E-state index contributed by atoms with van der Waals surface area (Å²) in [5.74, 6) is -0.130. The van der Waals surface area contributed by atoms with Crippen LogP contribution in [0.1, 0.15) is 30.0 Å². The molecule has 0 spiro atoms. The fraction of sp³-hybridized carbons (Fsp3) is 0.231. The highest BCUT2D eigenvalue weighted by Crippen LogP contribution is 2.45. The molecular formula is C26H24ClNO7. The first-order chi connectivity index (χ1) is 16.8. The third kappa shape index (κ3) is 4.33. The highest BCUT2D eigenvalue weighted by atomic mass is 35.5. The Morgan fingerprint density at radius 1 is 1.06 bits per heavy atom. The van der Waals surface area contributed by atoms with Crippen molar-refractivity contribution >= 4 is 34.7 Å². The zero-order valence-corrected chi connectivity index (χ0v) is 20.4. The quantitative estimate of drug-likeness (QED) is 0.269. The van der Waals surface area contributed by atoms with Gasteiger partial charge in [0.2, 0.25) is 0 Å². The van der Waals surface area contributed by atoms with Crippen molar-refractivity contribution in [1.82, 2.24) is 0 Å². The Kier molecular flexibility index (Phi) is 6.75. The van der Waals surface area contributed by atoms with Crippen LogP contribution >= 0.6 is 11.6 Å². The lowest BCUT2D eigenvalue weighted by Gasteiger charge is -2.24. The van der Waals surface area contributed by atoms with E-state index in [1.807, 2.05) is 6.92 Å². The van der Waals surface area contributed by atoms with Crippen LogP contribution in [0.25, 0.3) is 5.76 Å². The average molecular weight is 498 g/mol. The molecule has 1 unspecified atom stereocenters. The van der Waals surface area contributed by atoms with Crippen LogP contribution in [0.4, 0.5) is 5.69 Å². The Balaban J connectivity index is 1.93. The average Bonchev–Trinajstić information content (AvgIpc) is 3.39. The zero-order valence-electron chi connectivity index (χ0n) is 19.6. The van der Waals surface area contributed by atoms with Crippen molar-refractivity contribution in [3.8, 4) is 17.2 Å². The highest BCUT2D eigenvalue weighted by molar-refractivity contribution is 6.51. The van der Waals surface area contributed by atoms with Gasteiger partial charge in [-0.05, 0) is 56.3 Å². The smallest absolute Gasteiger partial charge is 0.300 e. The van der Waals surface area contributed by atoms with Gasteiger partial charge in [0, 0.05) is 11.8 Å². The number of aliphatic hydroxyl groups excluding tert-OH is 1. The molecule has 35 heavy (non-hydrogen) atoms. The largest absolute Gasteiger partial charge is 0.507 e. The van der Waals surface area contributed by atoms with E-state index >= 15 is 0 Å². The van der Waals surface area contributed by atoms with E-state index in [1.54, 1.807) is 43.3 Å². The predicted molar refractivity (Wildman–Crippen MR) is 130 cm³/mol. The van der Waals surface area contributed by atoms with E-state index in [2.05, 4.69) is 0 Å². The Bertz CT molecular complexity index is 1310. The number of Topliss-reactive ketones (excluding diaryl/α,β-unsaturated/α-hetero) is 1. The number of nitrogens with zero attached hydrogens (tertiary/aromatic N) is 1. The molecule has 1 atom stereocenters. The zero-order chi connectivity index (χ0) is 25.3. The van der Waals surface area contributed by atoms with Crippen molar-refractivity contribution in [2.75, 3.05) is 25.7 Å². The molecule has 182 valence electrons. The number of furan rings is 1. The second kappa shape index (κ2) is 9.76. The van der Waals surface area contributed by atoms with Crippen molar-refractivity contribution in [2.45, 2.75) is 19.9 Å². The molecule has 1 N–H and O–H groups in total. The van der Waals surface area contributed by atoms with Crippen LogP contribution in [0.2, 0.25) is 5.02 Å². The number of hydrogen-bond acceptors (Lipinski definition) is 7. The van der Waals surface area contributed by atoms with Crippen molar-refractivity contribution in [1.29, 1.82) is 0 Å². The van der Waals surface area contributed by atoms with Gasteiger partial charge in [-0.2, -0.15) is 0 Å². The van der Waals surface area contributed by atoms with E-state index in [0.717, 1.165) is 0 Å². The van der Waals surface area contributed by atoms with Crippen LogP contribution in [-0.4, -0.2) is 37.6 Å². The number of benzene rings is 2. The fourth-order valence-corrected chi connectivity index (χ4v) is 4.26. The van der Waals surface area contributed by atoms with Gasteiger partial charge in [0.15, 0.2) is 0 Å². The first-order valence-corrected chi connectivity index (χ1v) is 11.2. The van der Waals surface area contributed by atoms with Crippen LogP contribution in [0.15, 0.2) is 58.5 Å². The van der Waals surface area contributed by atoms with Crippen LogP contribution in [0.3, 0.4) is 0 Å². The summed E-state index contributed by atoms with van der Waals surface area (Å²) in [6, 6.07) is 12.0. The number of rotatable bonds is 7. The highest BCUT2D eigenvalue weighted by Gasteiger charge is 2.48. The lowest BCUT2D eigenvalue weighted by Crippen LogP contribution is -2.29. The Morgan fingerprint density at radius 2 is 1.74 bits per heavy atom. The van der Waals surface area contributed by atoms with Gasteiger partial charge >= 0.3 is 0 Å². The minimum atomic E-state index is -1.02. The summed E-state index contributed by atoms with van der Waals surface area (Å²) >= 11 is 6.20. The first-order valence-electron chi connectivity index (χ1n) is 10.8. The number of halogens is 1. The lowest BCUT2D eigenvalue weighted by molar-refractivity contribution is -0.132. The minimum Gasteiger partial charge on any atom is -0.507 e. The van der Waals surface area contributed by atoms with Gasteiger partial charge in [-0.25, -0.2) is 0 Å². The van der Waals surface area contributed by atoms with Crippen molar-refractivity contribution < 1.29 is 33.3 Å². The molecule has 1 aliphatic rings. The van der Waals surface area contributed by atoms with Gasteiger partial charge in [-0.15, -0.1) is 0 Å². The predicted octanol–water partition coefficient (Wildman–Crippen LogP) is 5.28. The minimum absolute atomic E-state index is 0.145. The topological polar surface area (TPSA) is 98.4 Å². The fourth-order valence-electron chi connectivity index (χ4n) is 4.03. The molecule has 1 amide bonds. The second-order valence-corrected chi connectivity index (χ2v) is 8.14. The number of ketones is 1. The molecule has 9 heteroatoms. The molecule has 1 saturated heterocycles. The summed E-state index contributed by atoms with van der Waals surface area (Å²) in [5.41, 5.74) is 0.432. The maximum Gasteiger partial charge on any atom is 0.300 e. The van der Waals surface area contributed by atoms with Gasteiger partial charge in [0.1, 0.15) is 40.6 Å². The van der Waals surface area contributed by atoms with E-state index in [-0.39, 0.29) is 27.7 Å². The first kappa shape index (κ1) is 24.2. The van der Waals surface area contributed by atoms with Gasteiger partial charge in [0.25, 0.3) is 11.7 Å². The van der Waals surface area contributed by atoms with Crippen LogP contribution in [0, 0.1) is 6.92 Å². The summed E-state index contributed by atoms with van der Waals surface area (Å²) in [6.45, 7) is 4.10. The van der Waals surface area contributed by atoms with E-state index in [4.69, 9.17) is 30.2 Å². The summed E-state index contributed by atoms with van der Waals surface area (Å²) in [5, 5.41) is 11.6. The molecule has 1 aromatic heterocycles. The van der Waals surface area contributed by atoms with Crippen molar-refractivity contribution in [3.63, 3.8) is 0 Å². The SMILES string of the molecule is CCOc1ccc(N2C(=O)C(=O)/C(=C(/O)c3cc(OC)c(Cl)cc3OC)C2c2ccc(C)o2)cc1. The van der Waals surface area contributed by atoms with E-state index in [1.165, 1.54) is 31.3 Å². The van der Waals surface area contributed by atoms with Gasteiger partial charge in [-0.1, -0.05) is 11.6 Å². The van der Waals surface area contributed by atoms with Crippen molar-refractivity contribution in [3.05, 3.63) is 76.2 Å². The summed E-state index contributed by atoms with van der Waals surface area (Å²) < 4.78 is 22.0. The van der Waals surface area contributed by atoms with Gasteiger partial charge in [-0.3, -0.25) is 14.5 Å². The molecule has 3 aromatic rings. The second-order valence-electron chi connectivity index (χ2n) is 7.73. The number of aryl methyl sites for hydroxylation is 1. The van der Waals surface area contributed by atoms with E-state index in [9.17, 15) is 14.7 Å². The standard InChI is InChI=1S/C26H24ClNO7/c1-5-34-16-9-7-15(8-10-16)28-23(19-11-6-14(2)35-19)22(25(30)26(28)31)24(29)17-12-21(33-4)18(27)13-20(17)32-3/h6-13,23,29H,5H2,1-4H3/b24-22+. The van der Waals surface area contributed by atoms with Gasteiger partial charge < -0.3 is 23.7 Å². The Hall–Kier alpha value is -3.91.